The predicted octanol–water partition coefficient (Wildman–Crippen LogP) is 2.47. The third-order valence-electron chi connectivity index (χ3n) is 4.87. The minimum Gasteiger partial charge on any atom is -0.484 e. The molecule has 0 saturated carbocycles. The number of benzene rings is 1. The van der Waals surface area contributed by atoms with Crippen LogP contribution in [0.15, 0.2) is 24.3 Å². The predicted molar refractivity (Wildman–Crippen MR) is 104 cm³/mol. The molecule has 1 unspecified atom stereocenters. The van der Waals surface area contributed by atoms with Gasteiger partial charge in [0.15, 0.2) is 11.7 Å². The summed E-state index contributed by atoms with van der Waals surface area (Å²) in [5, 5.41) is 3.89. The summed E-state index contributed by atoms with van der Waals surface area (Å²) in [5.74, 6) is 0.617. The van der Waals surface area contributed by atoms with Gasteiger partial charge >= 0.3 is 0 Å². The minimum absolute atomic E-state index is 0.0357. The van der Waals surface area contributed by atoms with Crippen molar-refractivity contribution in [2.45, 2.75) is 31.6 Å². The molecule has 1 aromatic carbocycles. The van der Waals surface area contributed by atoms with Crippen molar-refractivity contribution in [1.82, 2.24) is 4.98 Å². The fraction of sp³-hybridized carbons (Fsp3) is 0.421. The van der Waals surface area contributed by atoms with Gasteiger partial charge in [-0.05, 0) is 37.0 Å². The van der Waals surface area contributed by atoms with E-state index in [1.165, 1.54) is 19.3 Å². The number of piperidine rings is 1. The molecule has 0 spiro atoms. The molecule has 4 rings (SSSR count). The number of anilines is 2. The van der Waals surface area contributed by atoms with Crippen LogP contribution in [0.25, 0.3) is 0 Å². The first kappa shape index (κ1) is 17.8. The van der Waals surface area contributed by atoms with Crippen molar-refractivity contribution in [1.29, 1.82) is 0 Å². The largest absolute Gasteiger partial charge is 0.484 e. The lowest BCUT2D eigenvalue weighted by molar-refractivity contribution is -0.120. The maximum Gasteiger partial charge on any atom is 0.255 e. The Bertz CT molecular complexity index is 860. The first-order valence-electron chi connectivity index (χ1n) is 9.17. The van der Waals surface area contributed by atoms with Crippen LogP contribution in [0.3, 0.4) is 0 Å². The summed E-state index contributed by atoms with van der Waals surface area (Å²) in [4.78, 5) is 31.3. The number of thiazole rings is 1. The zero-order valence-corrected chi connectivity index (χ0v) is 15.8. The molecule has 1 aromatic heterocycles. The highest BCUT2D eigenvalue weighted by atomic mass is 32.1. The second-order valence-corrected chi connectivity index (χ2v) is 7.90. The molecular formula is C19H22N4O3S. The molecule has 142 valence electrons. The van der Waals surface area contributed by atoms with Gasteiger partial charge in [-0.3, -0.25) is 9.59 Å². The van der Waals surface area contributed by atoms with Gasteiger partial charge in [-0.15, -0.1) is 0 Å². The molecule has 2 aromatic rings. The molecular weight excluding hydrogens is 364 g/mol. The standard InChI is InChI=1S/C19H22N4O3S/c20-15(24)11-26-13-6-4-5-12(9-13)14-10-16(25)21-18-17(14)27-19(22-18)23-7-2-1-3-8-23/h4-6,9,14H,1-3,7-8,10-11H2,(H2,20,24)(H,21,25). The molecule has 0 radical (unpaired) electrons. The number of carbonyl (C=O) groups excluding carboxylic acids is 2. The number of aromatic nitrogens is 1. The molecule has 1 atom stereocenters. The van der Waals surface area contributed by atoms with Crippen LogP contribution >= 0.6 is 11.3 Å². The van der Waals surface area contributed by atoms with E-state index in [0.29, 0.717) is 18.0 Å². The average Bonchev–Trinajstić information content (AvgIpc) is 3.10. The SMILES string of the molecule is NC(=O)COc1cccc(C2CC(=O)Nc3nc(N4CCCCC4)sc32)c1. The molecule has 0 bridgehead atoms. The third kappa shape index (κ3) is 3.90. The Morgan fingerprint density at radius 1 is 1.33 bits per heavy atom. The number of nitrogens with zero attached hydrogens (tertiary/aromatic N) is 2. The van der Waals surface area contributed by atoms with Gasteiger partial charge in [-0.2, -0.15) is 0 Å². The third-order valence-corrected chi connectivity index (χ3v) is 6.10. The second kappa shape index (κ2) is 7.56. The lowest BCUT2D eigenvalue weighted by Crippen LogP contribution is -2.29. The van der Waals surface area contributed by atoms with Crippen molar-refractivity contribution < 1.29 is 14.3 Å². The average molecular weight is 386 g/mol. The molecule has 1 saturated heterocycles. The van der Waals surface area contributed by atoms with Crippen molar-refractivity contribution in [3.63, 3.8) is 0 Å². The van der Waals surface area contributed by atoms with Gasteiger partial charge in [0, 0.05) is 25.4 Å². The van der Waals surface area contributed by atoms with Gasteiger partial charge in [0.1, 0.15) is 11.6 Å². The van der Waals surface area contributed by atoms with Crippen LogP contribution in [0.4, 0.5) is 10.9 Å². The van der Waals surface area contributed by atoms with E-state index in [1.54, 1.807) is 17.4 Å². The Balaban J connectivity index is 1.62. The lowest BCUT2D eigenvalue weighted by atomic mass is 9.91. The maximum absolute atomic E-state index is 12.2. The highest BCUT2D eigenvalue weighted by Gasteiger charge is 2.31. The van der Waals surface area contributed by atoms with Crippen LogP contribution in [0.1, 0.15) is 42.0 Å². The number of hydrogen-bond acceptors (Lipinski definition) is 6. The summed E-state index contributed by atoms with van der Waals surface area (Å²) in [7, 11) is 0. The van der Waals surface area contributed by atoms with Gasteiger partial charge in [-0.25, -0.2) is 4.98 Å². The van der Waals surface area contributed by atoms with Crippen molar-refractivity contribution >= 4 is 34.1 Å². The number of carbonyl (C=O) groups is 2. The molecule has 7 nitrogen and oxygen atoms in total. The van der Waals surface area contributed by atoms with Crippen molar-refractivity contribution in [2.24, 2.45) is 5.73 Å². The van der Waals surface area contributed by atoms with Crippen LogP contribution in [0, 0.1) is 0 Å². The second-order valence-electron chi connectivity index (χ2n) is 6.89. The van der Waals surface area contributed by atoms with Gasteiger partial charge < -0.3 is 20.7 Å². The van der Waals surface area contributed by atoms with E-state index in [-0.39, 0.29) is 18.4 Å². The number of nitrogens with one attached hydrogen (secondary N) is 1. The summed E-state index contributed by atoms with van der Waals surface area (Å²) in [5.41, 5.74) is 6.12. The van der Waals surface area contributed by atoms with Crippen molar-refractivity contribution in [2.75, 3.05) is 29.9 Å². The van der Waals surface area contributed by atoms with E-state index in [1.807, 2.05) is 18.2 Å². The Morgan fingerprint density at radius 3 is 2.93 bits per heavy atom. The van der Waals surface area contributed by atoms with E-state index >= 15 is 0 Å². The minimum atomic E-state index is -0.520. The number of rotatable bonds is 5. The van der Waals surface area contributed by atoms with Crippen LogP contribution in [0.5, 0.6) is 5.75 Å². The Labute approximate surface area is 161 Å². The van der Waals surface area contributed by atoms with Crippen LogP contribution in [0.2, 0.25) is 0 Å². The van der Waals surface area contributed by atoms with Crippen LogP contribution < -0.4 is 20.7 Å². The molecule has 2 amide bonds. The van der Waals surface area contributed by atoms with Crippen molar-refractivity contribution in [3.05, 3.63) is 34.7 Å². The number of primary amides is 1. The Morgan fingerprint density at radius 2 is 2.15 bits per heavy atom. The van der Waals surface area contributed by atoms with E-state index in [4.69, 9.17) is 15.5 Å². The number of nitrogens with two attached hydrogens (primary N) is 1. The topological polar surface area (TPSA) is 97.6 Å². The summed E-state index contributed by atoms with van der Waals surface area (Å²) in [6, 6.07) is 7.49. The fourth-order valence-corrected chi connectivity index (χ4v) is 4.77. The molecule has 3 heterocycles. The summed E-state index contributed by atoms with van der Waals surface area (Å²) >= 11 is 1.66. The van der Waals surface area contributed by atoms with E-state index in [2.05, 4.69) is 10.2 Å². The number of fused-ring (bicyclic) bond motifs is 1. The van der Waals surface area contributed by atoms with Crippen LogP contribution in [-0.4, -0.2) is 36.5 Å². The number of ether oxygens (including phenoxy) is 1. The molecule has 3 N–H and O–H groups in total. The first-order chi connectivity index (χ1) is 13.1. The fourth-order valence-electron chi connectivity index (χ4n) is 3.57. The molecule has 1 fully saturated rings. The Kier molecular flexibility index (Phi) is 4.98. The summed E-state index contributed by atoms with van der Waals surface area (Å²) in [6.45, 7) is 1.86. The zero-order chi connectivity index (χ0) is 18.8. The van der Waals surface area contributed by atoms with E-state index in [0.717, 1.165) is 28.7 Å². The summed E-state index contributed by atoms with van der Waals surface area (Å²) < 4.78 is 5.42. The molecule has 0 aliphatic carbocycles. The molecule has 2 aliphatic heterocycles. The van der Waals surface area contributed by atoms with Crippen molar-refractivity contribution in [3.8, 4) is 5.75 Å². The molecule has 27 heavy (non-hydrogen) atoms. The number of hydrogen-bond donors (Lipinski definition) is 2. The van der Waals surface area contributed by atoms with E-state index < -0.39 is 5.91 Å². The highest BCUT2D eigenvalue weighted by Crippen LogP contribution is 2.44. The monoisotopic (exact) mass is 386 g/mol. The normalized spacial score (nSPS) is 19.3. The van der Waals surface area contributed by atoms with Gasteiger partial charge in [0.2, 0.25) is 5.91 Å². The lowest BCUT2D eigenvalue weighted by Gasteiger charge is -2.25. The maximum atomic E-state index is 12.2. The van der Waals surface area contributed by atoms with Gasteiger partial charge in [0.05, 0.1) is 4.88 Å². The number of amides is 2. The van der Waals surface area contributed by atoms with Gasteiger partial charge in [0.25, 0.3) is 5.91 Å². The smallest absolute Gasteiger partial charge is 0.255 e. The van der Waals surface area contributed by atoms with Gasteiger partial charge in [-0.1, -0.05) is 23.5 Å². The zero-order valence-electron chi connectivity index (χ0n) is 14.9. The van der Waals surface area contributed by atoms with E-state index in [9.17, 15) is 9.59 Å². The highest BCUT2D eigenvalue weighted by molar-refractivity contribution is 7.16. The molecule has 8 heteroatoms. The summed E-state index contributed by atoms with van der Waals surface area (Å²) in [6.07, 6.45) is 3.99. The first-order valence-corrected chi connectivity index (χ1v) is 9.98. The quantitative estimate of drug-likeness (QED) is 0.823. The molecule has 2 aliphatic rings. The van der Waals surface area contributed by atoms with Crippen LogP contribution in [-0.2, 0) is 9.59 Å². The Hall–Kier alpha value is -2.61.